The average Bonchev–Trinajstić information content (AvgIpc) is 2.37. The van der Waals surface area contributed by atoms with Crippen LogP contribution >= 0.6 is 0 Å². The number of hydrogen-bond acceptors (Lipinski definition) is 4. The van der Waals surface area contributed by atoms with Gasteiger partial charge in [0, 0.05) is 18.2 Å². The van der Waals surface area contributed by atoms with Gasteiger partial charge >= 0.3 is 6.36 Å². The number of carbonyl (C=O) groups is 1. The zero-order valence-corrected chi connectivity index (χ0v) is 11.7. The number of nitrogens with two attached hydrogens (primary N) is 1. The Morgan fingerprint density at radius 1 is 1.43 bits per heavy atom. The van der Waals surface area contributed by atoms with Gasteiger partial charge in [-0.05, 0) is 32.0 Å². The zero-order chi connectivity index (χ0) is 16.0. The summed E-state index contributed by atoms with van der Waals surface area (Å²) in [5, 5.41) is 2.64. The topological polar surface area (TPSA) is 73.6 Å². The summed E-state index contributed by atoms with van der Waals surface area (Å²) >= 11 is 0. The zero-order valence-electron chi connectivity index (χ0n) is 11.7. The van der Waals surface area contributed by atoms with Gasteiger partial charge in [0.2, 0.25) is 0 Å². The highest BCUT2D eigenvalue weighted by Gasteiger charge is 2.32. The summed E-state index contributed by atoms with van der Waals surface area (Å²) in [5.74, 6) is -0.992. The molecule has 1 atom stereocenters. The van der Waals surface area contributed by atoms with Gasteiger partial charge in [-0.2, -0.15) is 0 Å². The van der Waals surface area contributed by atoms with E-state index in [1.165, 1.54) is 6.07 Å². The van der Waals surface area contributed by atoms with Gasteiger partial charge in [0.15, 0.2) is 5.75 Å². The van der Waals surface area contributed by atoms with Crippen molar-refractivity contribution in [3.63, 3.8) is 0 Å². The first-order chi connectivity index (χ1) is 9.73. The SMILES string of the molecule is CCOCC(C)NC(=O)c1ccc(OC(F)(F)F)c(N)c1. The Balaban J connectivity index is 2.72. The summed E-state index contributed by atoms with van der Waals surface area (Å²) in [4.78, 5) is 11.9. The van der Waals surface area contributed by atoms with E-state index in [1.807, 2.05) is 6.92 Å². The second kappa shape index (κ2) is 7.16. The van der Waals surface area contributed by atoms with Crippen LogP contribution in [0.3, 0.4) is 0 Å². The molecule has 0 aromatic heterocycles. The van der Waals surface area contributed by atoms with Crippen molar-refractivity contribution in [2.45, 2.75) is 26.3 Å². The van der Waals surface area contributed by atoms with Gasteiger partial charge in [0.05, 0.1) is 12.3 Å². The van der Waals surface area contributed by atoms with E-state index >= 15 is 0 Å². The normalized spacial score (nSPS) is 12.8. The van der Waals surface area contributed by atoms with Crippen LogP contribution in [0.4, 0.5) is 18.9 Å². The van der Waals surface area contributed by atoms with Crippen molar-refractivity contribution in [1.82, 2.24) is 5.32 Å². The van der Waals surface area contributed by atoms with Crippen LogP contribution in [0.1, 0.15) is 24.2 Å². The molecule has 0 spiro atoms. The number of hydrogen-bond donors (Lipinski definition) is 2. The highest BCUT2D eigenvalue weighted by molar-refractivity contribution is 5.95. The number of carbonyl (C=O) groups excluding carboxylic acids is 1. The van der Waals surface area contributed by atoms with E-state index in [2.05, 4.69) is 10.1 Å². The second-order valence-electron chi connectivity index (χ2n) is 4.33. The molecule has 1 rings (SSSR count). The van der Waals surface area contributed by atoms with Crippen molar-refractivity contribution in [3.05, 3.63) is 23.8 Å². The van der Waals surface area contributed by atoms with Gasteiger partial charge in [0.1, 0.15) is 0 Å². The summed E-state index contributed by atoms with van der Waals surface area (Å²) < 4.78 is 45.2. The minimum atomic E-state index is -4.83. The van der Waals surface area contributed by atoms with Crippen LogP contribution in [0, 0.1) is 0 Å². The fraction of sp³-hybridized carbons (Fsp3) is 0.462. The van der Waals surface area contributed by atoms with E-state index in [9.17, 15) is 18.0 Å². The summed E-state index contributed by atoms with van der Waals surface area (Å²) in [6.45, 7) is 4.44. The predicted octanol–water partition coefficient (Wildman–Crippen LogP) is 2.32. The lowest BCUT2D eigenvalue weighted by Crippen LogP contribution is -2.35. The summed E-state index contributed by atoms with van der Waals surface area (Å²) in [7, 11) is 0. The number of ether oxygens (including phenoxy) is 2. The predicted molar refractivity (Wildman–Crippen MR) is 71.0 cm³/mol. The molecule has 8 heteroatoms. The van der Waals surface area contributed by atoms with E-state index < -0.39 is 18.0 Å². The van der Waals surface area contributed by atoms with Gasteiger partial charge in [-0.25, -0.2) is 0 Å². The lowest BCUT2D eigenvalue weighted by Gasteiger charge is -2.15. The Morgan fingerprint density at radius 2 is 2.10 bits per heavy atom. The maximum atomic E-state index is 12.1. The van der Waals surface area contributed by atoms with E-state index in [0.29, 0.717) is 13.2 Å². The fourth-order valence-electron chi connectivity index (χ4n) is 1.55. The maximum Gasteiger partial charge on any atom is 0.573 e. The first-order valence-corrected chi connectivity index (χ1v) is 6.26. The molecule has 1 unspecified atom stereocenters. The fourth-order valence-corrected chi connectivity index (χ4v) is 1.55. The quantitative estimate of drug-likeness (QED) is 0.791. The molecule has 0 saturated carbocycles. The third-order valence-electron chi connectivity index (χ3n) is 2.45. The monoisotopic (exact) mass is 306 g/mol. The van der Waals surface area contributed by atoms with Crippen LogP contribution in [0.2, 0.25) is 0 Å². The Kier molecular flexibility index (Phi) is 5.83. The minimum Gasteiger partial charge on any atom is -0.404 e. The number of amides is 1. The Labute approximate surface area is 120 Å². The number of alkyl halides is 3. The molecule has 1 aromatic rings. The number of nitrogens with one attached hydrogen (secondary N) is 1. The number of benzene rings is 1. The van der Waals surface area contributed by atoms with E-state index in [-0.39, 0.29) is 17.3 Å². The molecule has 0 saturated heterocycles. The molecule has 3 N–H and O–H groups in total. The van der Waals surface area contributed by atoms with Crippen molar-refractivity contribution in [3.8, 4) is 5.75 Å². The van der Waals surface area contributed by atoms with Crippen molar-refractivity contribution in [1.29, 1.82) is 0 Å². The van der Waals surface area contributed by atoms with Crippen LogP contribution < -0.4 is 15.8 Å². The first kappa shape index (κ1) is 17.1. The third kappa shape index (κ3) is 5.90. The highest BCUT2D eigenvalue weighted by atomic mass is 19.4. The lowest BCUT2D eigenvalue weighted by molar-refractivity contribution is -0.274. The van der Waals surface area contributed by atoms with Gasteiger partial charge in [-0.3, -0.25) is 4.79 Å². The molecule has 0 aliphatic heterocycles. The van der Waals surface area contributed by atoms with Crippen molar-refractivity contribution in [2.24, 2.45) is 0 Å². The smallest absolute Gasteiger partial charge is 0.404 e. The van der Waals surface area contributed by atoms with Crippen LogP contribution in [0.15, 0.2) is 18.2 Å². The molecule has 21 heavy (non-hydrogen) atoms. The maximum absolute atomic E-state index is 12.1. The Hall–Kier alpha value is -1.96. The lowest BCUT2D eigenvalue weighted by atomic mass is 10.1. The molecule has 0 radical (unpaired) electrons. The molecular formula is C13H17F3N2O3. The summed E-state index contributed by atoms with van der Waals surface area (Å²) in [6.07, 6.45) is -4.83. The minimum absolute atomic E-state index is 0.144. The van der Waals surface area contributed by atoms with Crippen LogP contribution in [0.25, 0.3) is 0 Å². The third-order valence-corrected chi connectivity index (χ3v) is 2.45. The molecule has 0 aliphatic carbocycles. The van der Waals surface area contributed by atoms with Crippen molar-refractivity contribution < 1.29 is 27.4 Å². The van der Waals surface area contributed by atoms with Gasteiger partial charge < -0.3 is 20.5 Å². The number of nitrogen functional groups attached to an aromatic ring is 1. The molecule has 5 nitrogen and oxygen atoms in total. The second-order valence-corrected chi connectivity index (χ2v) is 4.33. The molecule has 1 aromatic carbocycles. The van der Waals surface area contributed by atoms with Gasteiger partial charge in [-0.1, -0.05) is 0 Å². The molecule has 1 amide bonds. The van der Waals surface area contributed by atoms with E-state index in [1.54, 1.807) is 6.92 Å². The van der Waals surface area contributed by atoms with E-state index in [0.717, 1.165) is 12.1 Å². The average molecular weight is 306 g/mol. The molecule has 0 fully saturated rings. The largest absolute Gasteiger partial charge is 0.573 e. The molecule has 0 aliphatic rings. The van der Waals surface area contributed by atoms with Crippen LogP contribution in [-0.4, -0.2) is 31.5 Å². The number of anilines is 1. The number of rotatable bonds is 6. The Morgan fingerprint density at radius 3 is 2.62 bits per heavy atom. The van der Waals surface area contributed by atoms with Gasteiger partial charge in [-0.15, -0.1) is 13.2 Å². The van der Waals surface area contributed by atoms with E-state index in [4.69, 9.17) is 10.5 Å². The molecular weight excluding hydrogens is 289 g/mol. The molecule has 118 valence electrons. The van der Waals surface area contributed by atoms with Crippen molar-refractivity contribution >= 4 is 11.6 Å². The highest BCUT2D eigenvalue weighted by Crippen LogP contribution is 2.28. The first-order valence-electron chi connectivity index (χ1n) is 6.26. The summed E-state index contributed by atoms with van der Waals surface area (Å²) in [5.41, 5.74) is 5.33. The Bertz CT molecular complexity index is 492. The molecule has 0 bridgehead atoms. The van der Waals surface area contributed by atoms with Crippen molar-refractivity contribution in [2.75, 3.05) is 18.9 Å². The van der Waals surface area contributed by atoms with Crippen LogP contribution in [0.5, 0.6) is 5.75 Å². The van der Waals surface area contributed by atoms with Crippen LogP contribution in [-0.2, 0) is 4.74 Å². The standard InChI is InChI=1S/C13H17F3N2O3/c1-3-20-7-8(2)18-12(19)9-4-5-11(10(17)6-9)21-13(14,15)16/h4-6,8H,3,7,17H2,1-2H3,(H,18,19). The number of halogens is 3. The summed E-state index contributed by atoms with van der Waals surface area (Å²) in [6, 6.07) is 3.11. The molecule has 0 heterocycles. The van der Waals surface area contributed by atoms with Gasteiger partial charge in [0.25, 0.3) is 5.91 Å².